The molecule has 2 heterocycles. The lowest BCUT2D eigenvalue weighted by atomic mass is 9.99. The largest absolute Gasteiger partial charge is 0.349 e. The Morgan fingerprint density at radius 1 is 0.968 bits per heavy atom. The van der Waals surface area contributed by atoms with Gasteiger partial charge in [0.2, 0.25) is 5.91 Å². The maximum Gasteiger partial charge on any atom is 0.251 e. The van der Waals surface area contributed by atoms with E-state index in [0.29, 0.717) is 18.7 Å². The first-order valence-corrected chi connectivity index (χ1v) is 10.9. The van der Waals surface area contributed by atoms with Crippen molar-refractivity contribution in [1.29, 1.82) is 0 Å². The fraction of sp³-hybridized carbons (Fsp3) is 0.360. The van der Waals surface area contributed by atoms with Crippen LogP contribution in [0.15, 0.2) is 60.7 Å². The third-order valence-corrected chi connectivity index (χ3v) is 6.09. The second-order valence-corrected chi connectivity index (χ2v) is 8.22. The molecular weight excluding hydrogens is 393 g/mol. The maximum atomic E-state index is 13.0. The predicted molar refractivity (Wildman–Crippen MR) is 119 cm³/mol. The van der Waals surface area contributed by atoms with Gasteiger partial charge in [-0.2, -0.15) is 0 Å². The average Bonchev–Trinajstić information content (AvgIpc) is 2.81. The molecule has 4 rings (SSSR count). The van der Waals surface area contributed by atoms with Gasteiger partial charge < -0.3 is 10.2 Å². The molecule has 1 saturated heterocycles. The molecule has 2 aromatic carbocycles. The van der Waals surface area contributed by atoms with Crippen LogP contribution in [0, 0.1) is 5.82 Å². The zero-order valence-electron chi connectivity index (χ0n) is 17.6. The molecule has 0 unspecified atom stereocenters. The van der Waals surface area contributed by atoms with Gasteiger partial charge >= 0.3 is 0 Å². The Morgan fingerprint density at radius 3 is 2.32 bits per heavy atom. The van der Waals surface area contributed by atoms with Crippen molar-refractivity contribution in [3.63, 3.8) is 0 Å². The van der Waals surface area contributed by atoms with Crippen molar-refractivity contribution in [3.8, 4) is 0 Å². The van der Waals surface area contributed by atoms with E-state index in [0.717, 1.165) is 38.9 Å². The fourth-order valence-corrected chi connectivity index (χ4v) is 4.21. The number of nitrogens with zero attached hydrogens (tertiary/aromatic N) is 2. The summed E-state index contributed by atoms with van der Waals surface area (Å²) in [5.41, 5.74) is 3.01. The summed E-state index contributed by atoms with van der Waals surface area (Å²) in [5.74, 6) is -0.365. The molecule has 1 N–H and O–H groups in total. The molecule has 5 nitrogen and oxygen atoms in total. The lowest BCUT2D eigenvalue weighted by Gasteiger charge is -2.34. The first-order valence-electron chi connectivity index (χ1n) is 10.9. The molecule has 2 amide bonds. The summed E-state index contributed by atoms with van der Waals surface area (Å²) in [6.07, 6.45) is 4.65. The number of carbonyl (C=O) groups is 2. The Morgan fingerprint density at radius 2 is 1.68 bits per heavy atom. The van der Waals surface area contributed by atoms with Gasteiger partial charge in [-0.25, -0.2) is 4.39 Å². The first kappa shape index (κ1) is 21.2. The molecule has 0 aromatic heterocycles. The Kier molecular flexibility index (Phi) is 6.77. The molecule has 1 fully saturated rings. The predicted octanol–water partition coefficient (Wildman–Crippen LogP) is 3.34. The molecule has 2 aliphatic rings. The zero-order valence-corrected chi connectivity index (χ0v) is 17.6. The minimum atomic E-state index is -0.352. The van der Waals surface area contributed by atoms with E-state index in [-0.39, 0.29) is 23.7 Å². The standard InChI is InChI=1S/C25H28FN3O2/c26-22-8-6-21(7-9-22)25(31)27-23-12-14-28(15-13-23)18-24(30)29-16-10-20(11-17-29)19-4-2-1-3-5-19/h1-10,23H,11-18H2,(H,27,31). The van der Waals surface area contributed by atoms with Crippen molar-refractivity contribution in [1.82, 2.24) is 15.1 Å². The van der Waals surface area contributed by atoms with Crippen LogP contribution in [0.25, 0.3) is 5.57 Å². The van der Waals surface area contributed by atoms with Crippen molar-refractivity contribution in [2.24, 2.45) is 0 Å². The highest BCUT2D eigenvalue weighted by atomic mass is 19.1. The molecule has 0 aliphatic carbocycles. The number of benzene rings is 2. The highest BCUT2D eigenvalue weighted by Gasteiger charge is 2.25. The third kappa shape index (κ3) is 5.58. The Labute approximate surface area is 182 Å². The van der Waals surface area contributed by atoms with Crippen molar-refractivity contribution in [2.75, 3.05) is 32.7 Å². The number of hydrogen-bond donors (Lipinski definition) is 1. The van der Waals surface area contributed by atoms with E-state index >= 15 is 0 Å². The smallest absolute Gasteiger partial charge is 0.251 e. The van der Waals surface area contributed by atoms with Crippen LogP contribution in [0.5, 0.6) is 0 Å². The summed E-state index contributed by atoms with van der Waals surface area (Å²) in [5, 5.41) is 3.02. The number of halogens is 1. The number of amides is 2. The highest BCUT2D eigenvalue weighted by molar-refractivity contribution is 5.94. The van der Waals surface area contributed by atoms with Crippen LogP contribution in [-0.4, -0.2) is 60.4 Å². The fourth-order valence-electron chi connectivity index (χ4n) is 4.21. The maximum absolute atomic E-state index is 13.0. The summed E-state index contributed by atoms with van der Waals surface area (Å²) in [6, 6.07) is 16.0. The lowest BCUT2D eigenvalue weighted by molar-refractivity contribution is -0.132. The monoisotopic (exact) mass is 421 g/mol. The first-order chi connectivity index (χ1) is 15.1. The number of nitrogens with one attached hydrogen (secondary N) is 1. The van der Waals surface area contributed by atoms with E-state index in [1.165, 1.54) is 35.4 Å². The van der Waals surface area contributed by atoms with Crippen LogP contribution in [0.2, 0.25) is 0 Å². The third-order valence-electron chi connectivity index (χ3n) is 6.09. The topological polar surface area (TPSA) is 52.7 Å². The van der Waals surface area contributed by atoms with Gasteiger partial charge in [0.05, 0.1) is 6.54 Å². The number of hydrogen-bond acceptors (Lipinski definition) is 3. The molecule has 2 aliphatic heterocycles. The molecule has 162 valence electrons. The summed E-state index contributed by atoms with van der Waals surface area (Å²) in [7, 11) is 0. The van der Waals surface area contributed by atoms with Gasteiger partial charge in [-0.1, -0.05) is 36.4 Å². The molecule has 0 spiro atoms. The van der Waals surface area contributed by atoms with Crippen LogP contribution in [0.4, 0.5) is 4.39 Å². The number of carbonyl (C=O) groups excluding carboxylic acids is 2. The summed E-state index contributed by atoms with van der Waals surface area (Å²) >= 11 is 0. The summed E-state index contributed by atoms with van der Waals surface area (Å²) in [6.45, 7) is 3.39. The van der Waals surface area contributed by atoms with E-state index < -0.39 is 0 Å². The van der Waals surface area contributed by atoms with Crippen LogP contribution < -0.4 is 5.32 Å². The van der Waals surface area contributed by atoms with E-state index in [1.807, 2.05) is 23.1 Å². The van der Waals surface area contributed by atoms with Crippen LogP contribution in [-0.2, 0) is 4.79 Å². The van der Waals surface area contributed by atoms with Gasteiger partial charge in [0.15, 0.2) is 0 Å². The van der Waals surface area contributed by atoms with Crippen molar-refractivity contribution in [2.45, 2.75) is 25.3 Å². The van der Waals surface area contributed by atoms with Gasteiger partial charge in [-0.05, 0) is 54.7 Å². The Balaban J connectivity index is 1.21. The molecule has 0 radical (unpaired) electrons. The average molecular weight is 422 g/mol. The van der Waals surface area contributed by atoms with Gasteiger partial charge in [0.25, 0.3) is 5.91 Å². The summed E-state index contributed by atoms with van der Waals surface area (Å²) in [4.78, 5) is 29.1. The lowest BCUT2D eigenvalue weighted by Crippen LogP contribution is -2.48. The van der Waals surface area contributed by atoms with Crippen LogP contribution >= 0.6 is 0 Å². The van der Waals surface area contributed by atoms with E-state index in [4.69, 9.17) is 0 Å². The van der Waals surface area contributed by atoms with Gasteiger partial charge in [0, 0.05) is 37.8 Å². The molecule has 0 saturated carbocycles. The van der Waals surface area contributed by atoms with Crippen molar-refractivity contribution >= 4 is 17.4 Å². The van der Waals surface area contributed by atoms with Gasteiger partial charge in [-0.3, -0.25) is 14.5 Å². The molecular formula is C25H28FN3O2. The van der Waals surface area contributed by atoms with Crippen molar-refractivity contribution in [3.05, 3.63) is 77.6 Å². The SMILES string of the molecule is O=C(NC1CCN(CC(=O)N2CC=C(c3ccccc3)CC2)CC1)c1ccc(F)cc1. The normalized spacial score (nSPS) is 17.8. The second-order valence-electron chi connectivity index (χ2n) is 8.22. The van der Waals surface area contributed by atoms with Gasteiger partial charge in [0.1, 0.15) is 5.82 Å². The van der Waals surface area contributed by atoms with Crippen LogP contribution in [0.3, 0.4) is 0 Å². The number of rotatable bonds is 5. The molecule has 6 heteroatoms. The van der Waals surface area contributed by atoms with E-state index in [1.54, 1.807) is 0 Å². The minimum absolute atomic E-state index is 0.0789. The Bertz CT molecular complexity index is 935. The zero-order chi connectivity index (χ0) is 21.6. The van der Waals surface area contributed by atoms with E-state index in [9.17, 15) is 14.0 Å². The molecule has 31 heavy (non-hydrogen) atoms. The molecule has 2 aromatic rings. The van der Waals surface area contributed by atoms with E-state index in [2.05, 4.69) is 28.4 Å². The minimum Gasteiger partial charge on any atom is -0.349 e. The highest BCUT2D eigenvalue weighted by Crippen LogP contribution is 2.22. The summed E-state index contributed by atoms with van der Waals surface area (Å²) < 4.78 is 13.0. The van der Waals surface area contributed by atoms with Gasteiger partial charge in [-0.15, -0.1) is 0 Å². The van der Waals surface area contributed by atoms with Crippen molar-refractivity contribution < 1.29 is 14.0 Å². The number of likely N-dealkylation sites (tertiary alicyclic amines) is 1. The van der Waals surface area contributed by atoms with Crippen LogP contribution in [0.1, 0.15) is 35.2 Å². The second kappa shape index (κ2) is 9.88. The Hall–Kier alpha value is -2.99. The number of piperidine rings is 1. The molecule has 0 bridgehead atoms. The quantitative estimate of drug-likeness (QED) is 0.806. The molecule has 0 atom stereocenters.